The molecule has 0 aliphatic carbocycles. The SMILES string of the molecule is [2H]C1C([2H])N(C(C)(C)C)C([2H])CN1C(=O)OC([2H])(C)C(F)(F)F. The smallest absolute Gasteiger partial charge is 0.425 e. The molecule has 0 radical (unpaired) electrons. The number of hydrogen-bond acceptors (Lipinski definition) is 3. The third kappa shape index (κ3) is 4.56. The fourth-order valence-corrected chi connectivity index (χ4v) is 1.33. The number of halogens is 3. The van der Waals surface area contributed by atoms with E-state index in [0.717, 1.165) is 0 Å². The molecule has 0 N–H and O–H groups in total. The van der Waals surface area contributed by atoms with Crippen LogP contribution < -0.4 is 0 Å². The zero-order valence-electron chi connectivity index (χ0n) is 15.3. The van der Waals surface area contributed by atoms with Crippen molar-refractivity contribution in [3.05, 3.63) is 0 Å². The van der Waals surface area contributed by atoms with Crippen molar-refractivity contribution in [1.82, 2.24) is 9.80 Å². The first-order valence-electron chi connectivity index (χ1n) is 7.94. The molecule has 1 saturated heterocycles. The third-order valence-electron chi connectivity index (χ3n) is 2.53. The molecule has 1 heterocycles. The van der Waals surface area contributed by atoms with E-state index in [1.165, 1.54) is 4.90 Å². The Labute approximate surface area is 117 Å². The molecule has 0 aromatic rings. The number of ether oxygens (including phenoxy) is 1. The van der Waals surface area contributed by atoms with Gasteiger partial charge in [-0.15, -0.1) is 0 Å². The Bertz CT molecular complexity index is 457. The van der Waals surface area contributed by atoms with Gasteiger partial charge in [-0.3, -0.25) is 4.90 Å². The largest absolute Gasteiger partial charge is 0.437 e. The third-order valence-corrected chi connectivity index (χ3v) is 2.53. The van der Waals surface area contributed by atoms with E-state index < -0.39 is 43.5 Å². The maximum absolute atomic E-state index is 12.6. The van der Waals surface area contributed by atoms with Gasteiger partial charge < -0.3 is 9.64 Å². The maximum Gasteiger partial charge on any atom is 0.425 e. The number of alkyl halides is 3. The van der Waals surface area contributed by atoms with Gasteiger partial charge in [0, 0.05) is 34.4 Å². The molecule has 7 heteroatoms. The van der Waals surface area contributed by atoms with Crippen molar-refractivity contribution in [3.8, 4) is 0 Å². The maximum atomic E-state index is 12.6. The molecule has 0 aromatic heterocycles. The molecule has 4 nitrogen and oxygen atoms in total. The molecule has 0 saturated carbocycles. The fraction of sp³-hybridized carbons (Fsp3) is 0.917. The van der Waals surface area contributed by atoms with Gasteiger partial charge in [-0.1, -0.05) is 0 Å². The summed E-state index contributed by atoms with van der Waals surface area (Å²) < 4.78 is 73.0. The van der Waals surface area contributed by atoms with E-state index in [0.29, 0.717) is 11.8 Å². The van der Waals surface area contributed by atoms with Gasteiger partial charge in [0.05, 0.1) is 2.74 Å². The van der Waals surface area contributed by atoms with E-state index in [-0.39, 0.29) is 6.54 Å². The van der Waals surface area contributed by atoms with Crippen LogP contribution in [-0.2, 0) is 4.74 Å². The van der Waals surface area contributed by atoms with Crippen LogP contribution in [0.25, 0.3) is 0 Å². The molecule has 1 aliphatic rings. The highest BCUT2D eigenvalue weighted by atomic mass is 19.4. The number of amides is 1. The molecule has 19 heavy (non-hydrogen) atoms. The number of nitrogens with zero attached hydrogens (tertiary/aromatic N) is 2. The van der Waals surface area contributed by atoms with E-state index in [1.807, 2.05) is 0 Å². The molecular formula is C12H21F3N2O2. The lowest BCUT2D eigenvalue weighted by molar-refractivity contribution is -0.200. The molecule has 4 atom stereocenters. The van der Waals surface area contributed by atoms with Crippen LogP contribution in [0.5, 0.6) is 0 Å². The molecule has 112 valence electrons. The first-order valence-corrected chi connectivity index (χ1v) is 5.71. The van der Waals surface area contributed by atoms with Gasteiger partial charge in [0.25, 0.3) is 0 Å². The Morgan fingerprint density at radius 3 is 2.37 bits per heavy atom. The van der Waals surface area contributed by atoms with Crippen molar-refractivity contribution in [2.45, 2.75) is 45.5 Å². The molecule has 1 rings (SSSR count). The minimum absolute atomic E-state index is 0.381. The lowest BCUT2D eigenvalue weighted by Gasteiger charge is -2.42. The van der Waals surface area contributed by atoms with E-state index in [2.05, 4.69) is 4.74 Å². The number of carbonyl (C=O) groups excluding carboxylic acids is 1. The predicted molar refractivity (Wildman–Crippen MR) is 64.9 cm³/mol. The van der Waals surface area contributed by atoms with Crippen LogP contribution in [0.2, 0.25) is 0 Å². The van der Waals surface area contributed by atoms with Gasteiger partial charge in [-0.25, -0.2) is 4.79 Å². The number of hydrogen-bond donors (Lipinski definition) is 0. The highest BCUT2D eigenvalue weighted by molar-refractivity contribution is 5.68. The second-order valence-electron chi connectivity index (χ2n) is 5.13. The Morgan fingerprint density at radius 2 is 1.89 bits per heavy atom. The topological polar surface area (TPSA) is 32.8 Å². The first kappa shape index (κ1) is 10.8. The molecule has 4 unspecified atom stereocenters. The Hall–Kier alpha value is -0.980. The van der Waals surface area contributed by atoms with Gasteiger partial charge in [0.1, 0.15) is 0 Å². The van der Waals surface area contributed by atoms with Crippen LogP contribution in [0.15, 0.2) is 0 Å². The molecule has 1 aliphatic heterocycles. The molecule has 1 amide bonds. The summed E-state index contributed by atoms with van der Waals surface area (Å²) in [5.41, 5.74) is -0.621. The minimum Gasteiger partial charge on any atom is -0.437 e. The van der Waals surface area contributed by atoms with E-state index in [4.69, 9.17) is 5.48 Å². The van der Waals surface area contributed by atoms with Crippen molar-refractivity contribution >= 4 is 6.09 Å². The Balaban J connectivity index is 2.93. The normalized spacial score (nSPS) is 36.6. The van der Waals surface area contributed by atoms with Crippen molar-refractivity contribution in [2.75, 3.05) is 26.1 Å². The van der Waals surface area contributed by atoms with Crippen molar-refractivity contribution in [3.63, 3.8) is 0 Å². The molecule has 0 spiro atoms. The monoisotopic (exact) mass is 286 g/mol. The van der Waals surface area contributed by atoms with Crippen LogP contribution in [0.4, 0.5) is 18.0 Å². The van der Waals surface area contributed by atoms with E-state index in [1.54, 1.807) is 20.8 Å². The van der Waals surface area contributed by atoms with Crippen molar-refractivity contribution in [2.24, 2.45) is 0 Å². The highest BCUT2D eigenvalue weighted by Gasteiger charge is 2.40. The van der Waals surface area contributed by atoms with Gasteiger partial charge in [0.15, 0.2) is 6.08 Å². The quantitative estimate of drug-likeness (QED) is 0.742. The Morgan fingerprint density at radius 1 is 1.32 bits per heavy atom. The molecule has 1 fully saturated rings. The average molecular weight is 286 g/mol. The van der Waals surface area contributed by atoms with Crippen LogP contribution in [-0.4, -0.2) is 59.8 Å². The zero-order chi connectivity index (χ0) is 18.4. The van der Waals surface area contributed by atoms with E-state index in [9.17, 15) is 18.0 Å². The molecular weight excluding hydrogens is 261 g/mol. The number of carbonyl (C=O) groups is 1. The summed E-state index contributed by atoms with van der Waals surface area (Å²) in [6, 6.07) is 0. The number of rotatable bonds is 1. The summed E-state index contributed by atoms with van der Waals surface area (Å²) in [4.78, 5) is 13.9. The molecule has 0 aromatic carbocycles. The Kier molecular flexibility index (Phi) is 3.15. The lowest BCUT2D eigenvalue weighted by Crippen LogP contribution is -2.55. The van der Waals surface area contributed by atoms with E-state index >= 15 is 0 Å². The van der Waals surface area contributed by atoms with Gasteiger partial charge in [-0.05, 0) is 27.7 Å². The highest BCUT2D eigenvalue weighted by Crippen LogP contribution is 2.23. The first-order chi connectivity index (χ1) is 10.1. The standard InChI is InChI=1S/C12H21F3N2O2/c1-9(12(13,14)15)19-10(18)16-5-7-17(8-6-16)11(2,3)4/h9H,5-8H2,1-4H3/i5D,7D,8D,9D. The van der Waals surface area contributed by atoms with Crippen molar-refractivity contribution < 1.29 is 28.2 Å². The summed E-state index contributed by atoms with van der Waals surface area (Å²) in [6.07, 6.45) is -10.1. The zero-order valence-corrected chi connectivity index (χ0v) is 11.3. The van der Waals surface area contributed by atoms with Crippen LogP contribution in [0, 0.1) is 0 Å². The van der Waals surface area contributed by atoms with Crippen LogP contribution in [0.3, 0.4) is 0 Å². The summed E-state index contributed by atoms with van der Waals surface area (Å²) in [5, 5.41) is 0. The summed E-state index contributed by atoms with van der Waals surface area (Å²) in [5.74, 6) is 0. The molecule has 0 bridgehead atoms. The van der Waals surface area contributed by atoms with Gasteiger partial charge in [-0.2, -0.15) is 13.2 Å². The second-order valence-corrected chi connectivity index (χ2v) is 5.13. The average Bonchev–Trinajstić information content (AvgIpc) is 2.29. The summed E-state index contributed by atoms with van der Waals surface area (Å²) in [6.45, 7) is 1.28. The summed E-state index contributed by atoms with van der Waals surface area (Å²) in [7, 11) is 0. The van der Waals surface area contributed by atoms with Gasteiger partial charge >= 0.3 is 12.3 Å². The fourth-order valence-electron chi connectivity index (χ4n) is 1.33. The second kappa shape index (κ2) is 5.56. The minimum atomic E-state index is -5.09. The van der Waals surface area contributed by atoms with Gasteiger partial charge in [0.2, 0.25) is 0 Å². The predicted octanol–water partition coefficient (Wildman–Crippen LogP) is 2.49. The number of piperazine rings is 1. The van der Waals surface area contributed by atoms with Crippen LogP contribution in [0.1, 0.15) is 33.2 Å². The van der Waals surface area contributed by atoms with Crippen LogP contribution >= 0.6 is 0 Å². The van der Waals surface area contributed by atoms with Crippen molar-refractivity contribution in [1.29, 1.82) is 0 Å². The summed E-state index contributed by atoms with van der Waals surface area (Å²) >= 11 is 0. The lowest BCUT2D eigenvalue weighted by atomic mass is 10.1.